The lowest BCUT2D eigenvalue weighted by atomic mass is 9.74. The summed E-state index contributed by atoms with van der Waals surface area (Å²) in [5.74, 6) is 6.65. The van der Waals surface area contributed by atoms with E-state index in [0.29, 0.717) is 0 Å². The van der Waals surface area contributed by atoms with Gasteiger partial charge in [0, 0.05) is 19.0 Å². The minimum Gasteiger partial charge on any atom is -0.374 e. The van der Waals surface area contributed by atoms with Crippen LogP contribution in [0.3, 0.4) is 0 Å². The van der Waals surface area contributed by atoms with Crippen molar-refractivity contribution in [3.8, 4) is 0 Å². The van der Waals surface area contributed by atoms with Gasteiger partial charge in [-0.05, 0) is 62.6 Å². The summed E-state index contributed by atoms with van der Waals surface area (Å²) in [5, 5.41) is 0. The van der Waals surface area contributed by atoms with Crippen LogP contribution in [0.2, 0.25) is 0 Å². The number of aromatic nitrogens is 1. The van der Waals surface area contributed by atoms with E-state index in [1.807, 2.05) is 12.4 Å². The fraction of sp³-hybridized carbons (Fsp3) is 0.688. The molecule has 0 amide bonds. The van der Waals surface area contributed by atoms with Crippen LogP contribution >= 0.6 is 0 Å². The van der Waals surface area contributed by atoms with Gasteiger partial charge in [-0.15, -0.1) is 0 Å². The van der Waals surface area contributed by atoms with Crippen molar-refractivity contribution in [3.05, 3.63) is 30.1 Å². The average Bonchev–Trinajstić information content (AvgIpc) is 2.49. The second kappa shape index (κ2) is 7.16. The Labute approximate surface area is 122 Å². The number of nitrogens with one attached hydrogen (secondary N) is 1. The van der Waals surface area contributed by atoms with Crippen LogP contribution in [0.15, 0.2) is 24.5 Å². The molecule has 1 heterocycles. The van der Waals surface area contributed by atoms with Crippen LogP contribution in [0.5, 0.6) is 0 Å². The average molecular weight is 277 g/mol. The molecule has 4 heteroatoms. The van der Waals surface area contributed by atoms with E-state index < -0.39 is 0 Å². The quantitative estimate of drug-likeness (QED) is 0.619. The van der Waals surface area contributed by atoms with Crippen LogP contribution in [0, 0.1) is 5.92 Å². The van der Waals surface area contributed by atoms with Crippen LogP contribution in [0.4, 0.5) is 0 Å². The predicted molar refractivity (Wildman–Crippen MR) is 81.0 cm³/mol. The molecular formula is C16H27N3O. The molecule has 0 aliphatic heterocycles. The van der Waals surface area contributed by atoms with Crippen molar-refractivity contribution in [1.82, 2.24) is 10.4 Å². The molecule has 0 bridgehead atoms. The van der Waals surface area contributed by atoms with E-state index in [4.69, 9.17) is 10.6 Å². The zero-order valence-corrected chi connectivity index (χ0v) is 12.6. The Morgan fingerprint density at radius 1 is 1.40 bits per heavy atom. The first kappa shape index (κ1) is 15.4. The van der Waals surface area contributed by atoms with Gasteiger partial charge >= 0.3 is 0 Å². The second-order valence-electron chi connectivity index (χ2n) is 5.96. The number of ether oxygens (including phenoxy) is 1. The molecule has 2 rings (SSSR count). The van der Waals surface area contributed by atoms with Crippen LogP contribution < -0.4 is 11.3 Å². The number of hydrogen-bond acceptors (Lipinski definition) is 4. The number of hydrogen-bond donors (Lipinski definition) is 2. The van der Waals surface area contributed by atoms with Crippen LogP contribution in [0.25, 0.3) is 0 Å². The second-order valence-corrected chi connectivity index (χ2v) is 5.96. The maximum atomic E-state index is 6.19. The molecule has 0 saturated heterocycles. The molecule has 1 saturated carbocycles. The molecule has 1 fully saturated rings. The summed E-state index contributed by atoms with van der Waals surface area (Å²) < 4.78 is 6.19. The summed E-state index contributed by atoms with van der Waals surface area (Å²) in [4.78, 5) is 4.07. The predicted octanol–water partition coefficient (Wildman–Crippen LogP) is 2.44. The van der Waals surface area contributed by atoms with Gasteiger partial charge in [-0.25, -0.2) is 0 Å². The first-order chi connectivity index (χ1) is 9.70. The van der Waals surface area contributed by atoms with Gasteiger partial charge in [0.25, 0.3) is 0 Å². The number of nitrogens with two attached hydrogens (primary N) is 1. The van der Waals surface area contributed by atoms with Gasteiger partial charge in [0.1, 0.15) is 0 Å². The van der Waals surface area contributed by atoms with Crippen LogP contribution in [-0.2, 0) is 11.2 Å². The van der Waals surface area contributed by atoms with Gasteiger partial charge in [-0.3, -0.25) is 16.3 Å². The Morgan fingerprint density at radius 3 is 2.60 bits per heavy atom. The SMILES string of the molecule is CCOC1(C(Cc2ccncc2)NN)CCC(C)CC1. The molecule has 1 atom stereocenters. The topological polar surface area (TPSA) is 60.2 Å². The van der Waals surface area contributed by atoms with E-state index in [9.17, 15) is 0 Å². The van der Waals surface area contributed by atoms with Crippen molar-refractivity contribution < 1.29 is 4.74 Å². The van der Waals surface area contributed by atoms with Gasteiger partial charge in [-0.1, -0.05) is 6.92 Å². The number of rotatable bonds is 6. The van der Waals surface area contributed by atoms with Crippen molar-refractivity contribution in [3.63, 3.8) is 0 Å². The molecule has 0 aromatic carbocycles. The fourth-order valence-corrected chi connectivity index (χ4v) is 3.28. The Balaban J connectivity index is 2.13. The van der Waals surface area contributed by atoms with Crippen molar-refractivity contribution in [2.24, 2.45) is 11.8 Å². The van der Waals surface area contributed by atoms with Gasteiger partial charge in [0.2, 0.25) is 0 Å². The minimum absolute atomic E-state index is 0.126. The number of pyridine rings is 1. The van der Waals surface area contributed by atoms with Crippen molar-refractivity contribution in [1.29, 1.82) is 0 Å². The van der Waals surface area contributed by atoms with Crippen molar-refractivity contribution >= 4 is 0 Å². The number of nitrogens with zero attached hydrogens (tertiary/aromatic N) is 1. The van der Waals surface area contributed by atoms with Crippen molar-refractivity contribution in [2.45, 2.75) is 57.6 Å². The molecule has 1 aliphatic rings. The maximum absolute atomic E-state index is 6.19. The van der Waals surface area contributed by atoms with Crippen LogP contribution in [-0.4, -0.2) is 23.2 Å². The van der Waals surface area contributed by atoms with Gasteiger partial charge in [0.15, 0.2) is 0 Å². The van der Waals surface area contributed by atoms with Gasteiger partial charge < -0.3 is 4.74 Å². The molecule has 4 nitrogen and oxygen atoms in total. The molecule has 1 aliphatic carbocycles. The fourth-order valence-electron chi connectivity index (χ4n) is 3.28. The molecular weight excluding hydrogens is 250 g/mol. The summed E-state index contributed by atoms with van der Waals surface area (Å²) >= 11 is 0. The Bertz CT molecular complexity index is 388. The standard InChI is InChI=1S/C16H27N3O/c1-3-20-16(8-4-13(2)5-9-16)15(19-17)12-14-6-10-18-11-7-14/h6-7,10-11,13,15,19H,3-5,8-9,12,17H2,1-2H3. The summed E-state index contributed by atoms with van der Waals surface area (Å²) in [7, 11) is 0. The lowest BCUT2D eigenvalue weighted by Crippen LogP contribution is -2.57. The summed E-state index contributed by atoms with van der Waals surface area (Å²) in [6, 6.07) is 4.25. The maximum Gasteiger partial charge on any atom is 0.0851 e. The molecule has 0 radical (unpaired) electrons. The molecule has 112 valence electrons. The van der Waals surface area contributed by atoms with Gasteiger partial charge in [-0.2, -0.15) is 0 Å². The molecule has 1 unspecified atom stereocenters. The first-order valence-corrected chi connectivity index (χ1v) is 7.69. The van der Waals surface area contributed by atoms with E-state index in [-0.39, 0.29) is 11.6 Å². The molecule has 1 aromatic heterocycles. The Morgan fingerprint density at radius 2 is 2.05 bits per heavy atom. The molecule has 3 N–H and O–H groups in total. The summed E-state index contributed by atoms with van der Waals surface area (Å²) in [6.45, 7) is 5.13. The molecule has 1 aromatic rings. The lowest BCUT2D eigenvalue weighted by molar-refractivity contribution is -0.0961. The normalized spacial score (nSPS) is 28.2. The molecule has 20 heavy (non-hydrogen) atoms. The zero-order chi connectivity index (χ0) is 14.4. The highest BCUT2D eigenvalue weighted by molar-refractivity contribution is 5.14. The van der Waals surface area contributed by atoms with Gasteiger partial charge in [0.05, 0.1) is 11.6 Å². The van der Waals surface area contributed by atoms with E-state index in [0.717, 1.165) is 31.8 Å². The number of hydrazine groups is 1. The largest absolute Gasteiger partial charge is 0.374 e. The van der Waals surface area contributed by atoms with E-state index in [1.165, 1.54) is 18.4 Å². The lowest BCUT2D eigenvalue weighted by Gasteiger charge is -2.44. The summed E-state index contributed by atoms with van der Waals surface area (Å²) in [6.07, 6.45) is 9.15. The minimum atomic E-state index is -0.126. The third kappa shape index (κ3) is 3.57. The molecule has 0 spiro atoms. The Hall–Kier alpha value is -0.970. The monoisotopic (exact) mass is 277 g/mol. The highest BCUT2D eigenvalue weighted by atomic mass is 16.5. The Kier molecular flexibility index (Phi) is 5.52. The highest BCUT2D eigenvalue weighted by Crippen LogP contribution is 2.38. The smallest absolute Gasteiger partial charge is 0.0851 e. The third-order valence-electron chi connectivity index (χ3n) is 4.58. The third-order valence-corrected chi connectivity index (χ3v) is 4.58. The first-order valence-electron chi connectivity index (χ1n) is 7.69. The van der Waals surface area contributed by atoms with E-state index >= 15 is 0 Å². The van der Waals surface area contributed by atoms with Crippen LogP contribution in [0.1, 0.15) is 45.1 Å². The van der Waals surface area contributed by atoms with E-state index in [2.05, 4.69) is 36.4 Å². The van der Waals surface area contributed by atoms with Crippen molar-refractivity contribution in [2.75, 3.05) is 6.61 Å². The van der Waals surface area contributed by atoms with E-state index in [1.54, 1.807) is 0 Å². The zero-order valence-electron chi connectivity index (χ0n) is 12.6. The summed E-state index contributed by atoms with van der Waals surface area (Å²) in [5.41, 5.74) is 4.14. The highest BCUT2D eigenvalue weighted by Gasteiger charge is 2.41.